The summed E-state index contributed by atoms with van der Waals surface area (Å²) < 4.78 is 10.4. The maximum absolute atomic E-state index is 11.0. The molecule has 0 aliphatic rings. The molecule has 1 heterocycles. The molecule has 1 aromatic carbocycles. The van der Waals surface area contributed by atoms with Crippen molar-refractivity contribution in [1.29, 1.82) is 0 Å². The van der Waals surface area contributed by atoms with Crippen molar-refractivity contribution >= 4 is 17.3 Å². The first kappa shape index (κ1) is 13.4. The van der Waals surface area contributed by atoms with Gasteiger partial charge in [0.25, 0.3) is 0 Å². The summed E-state index contributed by atoms with van der Waals surface area (Å²) in [6, 6.07) is 6.81. The molecule has 2 aromatic rings. The largest absolute Gasteiger partial charge is 0.496 e. The molecule has 0 aliphatic carbocycles. The highest BCUT2D eigenvalue weighted by atomic mass is 32.1. The molecule has 1 aromatic heterocycles. The number of carbonyl (C=O) groups is 1. The number of ether oxygens (including phenoxy) is 2. The first-order valence-electron chi connectivity index (χ1n) is 5.65. The normalized spacial score (nSPS) is 10.2. The molecule has 0 spiro atoms. The number of hydrogen-bond acceptors (Lipinski definition) is 4. The van der Waals surface area contributed by atoms with E-state index >= 15 is 0 Å². The molecule has 0 amide bonds. The predicted molar refractivity (Wildman–Crippen MR) is 73.6 cm³/mol. The van der Waals surface area contributed by atoms with Crippen molar-refractivity contribution in [1.82, 2.24) is 0 Å². The Labute approximate surface area is 115 Å². The van der Waals surface area contributed by atoms with Gasteiger partial charge < -0.3 is 14.6 Å². The zero-order chi connectivity index (χ0) is 13.8. The molecule has 0 atom stereocenters. The smallest absolute Gasteiger partial charge is 0.335 e. The minimum absolute atomic E-state index is 0.263. The van der Waals surface area contributed by atoms with Crippen LogP contribution >= 0.6 is 11.3 Å². The molecule has 1 N–H and O–H groups in total. The fraction of sp³-hybridized carbons (Fsp3) is 0.214. The van der Waals surface area contributed by atoms with Crippen molar-refractivity contribution in [2.45, 2.75) is 6.42 Å². The lowest BCUT2D eigenvalue weighted by atomic mass is 10.1. The second-order valence-corrected chi connectivity index (χ2v) is 4.96. The van der Waals surface area contributed by atoms with E-state index in [1.807, 2.05) is 11.4 Å². The van der Waals surface area contributed by atoms with Crippen LogP contribution in [-0.2, 0) is 6.42 Å². The summed E-state index contributed by atoms with van der Waals surface area (Å²) in [6.45, 7) is 0. The van der Waals surface area contributed by atoms with E-state index in [0.717, 1.165) is 16.2 Å². The highest BCUT2D eigenvalue weighted by Gasteiger charge is 2.11. The fourth-order valence-corrected chi connectivity index (χ4v) is 2.65. The van der Waals surface area contributed by atoms with Crippen LogP contribution in [0.2, 0.25) is 0 Å². The molecule has 0 unspecified atom stereocenters. The number of carboxylic acids is 1. The molecule has 0 bridgehead atoms. The second kappa shape index (κ2) is 5.75. The lowest BCUT2D eigenvalue weighted by Crippen LogP contribution is -2.00. The summed E-state index contributed by atoms with van der Waals surface area (Å²) in [5.74, 6) is 0.568. The van der Waals surface area contributed by atoms with Gasteiger partial charge in [0, 0.05) is 22.2 Å². The minimum Gasteiger partial charge on any atom is -0.496 e. The summed E-state index contributed by atoms with van der Waals surface area (Å²) in [7, 11) is 3.20. The number of carboxylic acid groups (broad SMARTS) is 1. The van der Waals surface area contributed by atoms with Crippen LogP contribution in [0.1, 0.15) is 20.8 Å². The predicted octanol–water partition coefficient (Wildman–Crippen LogP) is 3.05. The van der Waals surface area contributed by atoms with E-state index in [1.165, 1.54) is 0 Å². The Morgan fingerprint density at radius 2 is 2.05 bits per heavy atom. The quantitative estimate of drug-likeness (QED) is 0.913. The van der Waals surface area contributed by atoms with Crippen LogP contribution in [0, 0.1) is 0 Å². The Morgan fingerprint density at radius 1 is 1.26 bits per heavy atom. The van der Waals surface area contributed by atoms with Crippen LogP contribution in [-0.4, -0.2) is 25.3 Å². The molecule has 19 heavy (non-hydrogen) atoms. The van der Waals surface area contributed by atoms with Gasteiger partial charge in [0.1, 0.15) is 11.5 Å². The van der Waals surface area contributed by atoms with Crippen molar-refractivity contribution in [3.63, 3.8) is 0 Å². The van der Waals surface area contributed by atoms with E-state index in [1.54, 1.807) is 43.8 Å². The lowest BCUT2D eigenvalue weighted by molar-refractivity contribution is 0.0696. The maximum atomic E-state index is 11.0. The van der Waals surface area contributed by atoms with Gasteiger partial charge in [-0.25, -0.2) is 4.79 Å². The zero-order valence-electron chi connectivity index (χ0n) is 10.7. The lowest BCUT2D eigenvalue weighted by Gasteiger charge is -2.08. The third kappa shape index (κ3) is 3.06. The van der Waals surface area contributed by atoms with Gasteiger partial charge in [-0.15, -0.1) is 11.3 Å². The molecule has 4 nitrogen and oxygen atoms in total. The van der Waals surface area contributed by atoms with Crippen LogP contribution < -0.4 is 9.47 Å². The summed E-state index contributed by atoms with van der Waals surface area (Å²) >= 11 is 1.57. The van der Waals surface area contributed by atoms with Gasteiger partial charge in [-0.1, -0.05) is 0 Å². The Morgan fingerprint density at radius 3 is 2.63 bits per heavy atom. The number of thiophene rings is 1. The highest BCUT2D eigenvalue weighted by molar-refractivity contribution is 7.10. The van der Waals surface area contributed by atoms with Gasteiger partial charge in [0.2, 0.25) is 0 Å². The minimum atomic E-state index is -0.937. The highest BCUT2D eigenvalue weighted by Crippen LogP contribution is 2.28. The Bertz CT molecular complexity index is 589. The molecule has 0 saturated heterocycles. The van der Waals surface area contributed by atoms with E-state index in [2.05, 4.69) is 0 Å². The van der Waals surface area contributed by atoms with Gasteiger partial charge in [0.15, 0.2) is 0 Å². The van der Waals surface area contributed by atoms with Crippen molar-refractivity contribution in [3.8, 4) is 11.5 Å². The molecular formula is C14H14O4S. The van der Waals surface area contributed by atoms with Crippen molar-refractivity contribution < 1.29 is 19.4 Å². The Kier molecular flexibility index (Phi) is 4.06. The van der Waals surface area contributed by atoms with Crippen molar-refractivity contribution in [2.24, 2.45) is 0 Å². The summed E-state index contributed by atoms with van der Waals surface area (Å²) in [5, 5.41) is 10.9. The molecular weight excluding hydrogens is 264 g/mol. The van der Waals surface area contributed by atoms with E-state index in [9.17, 15) is 4.79 Å². The SMILES string of the molecule is COc1csc(Cc2cc(C(=O)O)ccc2OC)c1. The van der Waals surface area contributed by atoms with Crippen LogP contribution in [0.4, 0.5) is 0 Å². The molecule has 5 heteroatoms. The average molecular weight is 278 g/mol. The number of methoxy groups -OCH3 is 2. The van der Waals surface area contributed by atoms with Crippen LogP contribution in [0.5, 0.6) is 11.5 Å². The monoisotopic (exact) mass is 278 g/mol. The Hall–Kier alpha value is -2.01. The van der Waals surface area contributed by atoms with E-state index in [-0.39, 0.29) is 5.56 Å². The average Bonchev–Trinajstić information content (AvgIpc) is 2.86. The Balaban J connectivity index is 2.31. The second-order valence-electron chi connectivity index (χ2n) is 3.96. The third-order valence-corrected chi connectivity index (χ3v) is 3.67. The number of hydrogen-bond donors (Lipinski definition) is 1. The third-order valence-electron chi connectivity index (χ3n) is 2.76. The van der Waals surface area contributed by atoms with Crippen molar-refractivity contribution in [3.05, 3.63) is 45.6 Å². The molecule has 0 fully saturated rings. The molecule has 0 radical (unpaired) electrons. The first-order chi connectivity index (χ1) is 9.13. The van der Waals surface area contributed by atoms with Crippen LogP contribution in [0.15, 0.2) is 29.6 Å². The maximum Gasteiger partial charge on any atom is 0.335 e. The number of rotatable bonds is 5. The summed E-state index contributed by atoms with van der Waals surface area (Å²) in [6.07, 6.45) is 0.623. The van der Waals surface area contributed by atoms with Gasteiger partial charge in [-0.2, -0.15) is 0 Å². The van der Waals surface area contributed by atoms with Crippen LogP contribution in [0.25, 0.3) is 0 Å². The molecule has 0 saturated carbocycles. The first-order valence-corrected chi connectivity index (χ1v) is 6.53. The summed E-state index contributed by atoms with van der Waals surface area (Å²) in [4.78, 5) is 12.1. The van der Waals surface area contributed by atoms with Crippen LogP contribution in [0.3, 0.4) is 0 Å². The number of benzene rings is 1. The topological polar surface area (TPSA) is 55.8 Å². The van der Waals surface area contributed by atoms with E-state index in [4.69, 9.17) is 14.6 Å². The number of aromatic carboxylic acids is 1. The fourth-order valence-electron chi connectivity index (χ4n) is 1.80. The standard InChI is InChI=1S/C14H14O4S/c1-17-11-7-12(19-8-11)6-10-5-9(14(15)16)3-4-13(10)18-2/h3-5,7-8H,6H2,1-2H3,(H,15,16). The van der Waals surface area contributed by atoms with Crippen molar-refractivity contribution in [2.75, 3.05) is 14.2 Å². The van der Waals surface area contributed by atoms with Gasteiger partial charge in [-0.3, -0.25) is 0 Å². The molecule has 2 rings (SSSR count). The molecule has 0 aliphatic heterocycles. The van der Waals surface area contributed by atoms with Gasteiger partial charge >= 0.3 is 5.97 Å². The van der Waals surface area contributed by atoms with E-state index in [0.29, 0.717) is 12.2 Å². The van der Waals surface area contributed by atoms with Gasteiger partial charge in [0.05, 0.1) is 19.8 Å². The van der Waals surface area contributed by atoms with E-state index < -0.39 is 5.97 Å². The zero-order valence-corrected chi connectivity index (χ0v) is 11.5. The van der Waals surface area contributed by atoms with Gasteiger partial charge in [-0.05, 0) is 24.3 Å². The summed E-state index contributed by atoms with van der Waals surface area (Å²) in [5.41, 5.74) is 1.12. The molecule has 100 valence electrons.